The predicted octanol–water partition coefficient (Wildman–Crippen LogP) is 5.16. The number of halogens is 1. The van der Waals surface area contributed by atoms with Gasteiger partial charge in [-0.05, 0) is 50.1 Å². The molecule has 0 saturated carbocycles. The maximum atomic E-state index is 12.6. The monoisotopic (exact) mass is 353 g/mol. The summed E-state index contributed by atoms with van der Waals surface area (Å²) in [5.41, 5.74) is 6.27. The molecule has 1 heterocycles. The maximum Gasteiger partial charge on any atom is 0.255 e. The summed E-state index contributed by atoms with van der Waals surface area (Å²) >= 11 is 5.90. The number of carbonyl (C=O) groups excluding carboxylic acids is 1. The van der Waals surface area contributed by atoms with Crippen molar-refractivity contribution in [3.8, 4) is 11.3 Å². The Morgan fingerprint density at radius 1 is 1.16 bits per heavy atom. The Labute approximate surface area is 152 Å². The Kier molecular flexibility index (Phi) is 4.91. The molecule has 3 rings (SSSR count). The van der Waals surface area contributed by atoms with E-state index in [1.165, 1.54) is 5.56 Å². The van der Waals surface area contributed by atoms with Crippen molar-refractivity contribution in [2.45, 2.75) is 27.2 Å². The molecule has 1 amide bonds. The summed E-state index contributed by atoms with van der Waals surface area (Å²) in [7, 11) is 0. The van der Waals surface area contributed by atoms with E-state index < -0.39 is 0 Å². The van der Waals surface area contributed by atoms with Crippen LogP contribution in [-0.4, -0.2) is 16.1 Å². The van der Waals surface area contributed by atoms with Crippen LogP contribution in [0.1, 0.15) is 34.1 Å². The lowest BCUT2D eigenvalue weighted by atomic mass is 10.0. The van der Waals surface area contributed by atoms with Crippen molar-refractivity contribution in [3.05, 3.63) is 69.9 Å². The minimum atomic E-state index is -0.182. The van der Waals surface area contributed by atoms with Crippen LogP contribution in [0.2, 0.25) is 5.02 Å². The molecule has 5 heteroatoms. The summed E-state index contributed by atoms with van der Waals surface area (Å²) in [4.78, 5) is 12.6. The summed E-state index contributed by atoms with van der Waals surface area (Å²) < 4.78 is 0. The number of aromatic amines is 1. The van der Waals surface area contributed by atoms with Gasteiger partial charge in [0.25, 0.3) is 5.91 Å². The van der Waals surface area contributed by atoms with Gasteiger partial charge in [-0.15, -0.1) is 0 Å². The molecule has 0 saturated heterocycles. The molecule has 0 aliphatic rings. The Morgan fingerprint density at radius 3 is 2.52 bits per heavy atom. The highest BCUT2D eigenvalue weighted by Gasteiger charge is 2.18. The second-order valence-corrected chi connectivity index (χ2v) is 6.50. The summed E-state index contributed by atoms with van der Waals surface area (Å²) in [6.07, 6.45) is 0.744. The van der Waals surface area contributed by atoms with Gasteiger partial charge in [-0.1, -0.05) is 42.3 Å². The van der Waals surface area contributed by atoms with Crippen LogP contribution < -0.4 is 5.32 Å². The Hall–Kier alpha value is -2.59. The number of carbonyl (C=O) groups is 1. The lowest BCUT2D eigenvalue weighted by molar-refractivity contribution is 0.102. The maximum absolute atomic E-state index is 12.6. The molecule has 0 atom stereocenters. The number of anilines is 1. The Bertz CT molecular complexity index is 913. The molecule has 0 fully saturated rings. The zero-order valence-corrected chi connectivity index (χ0v) is 15.2. The summed E-state index contributed by atoms with van der Waals surface area (Å²) in [6.45, 7) is 6.13. The molecule has 25 heavy (non-hydrogen) atoms. The van der Waals surface area contributed by atoms with E-state index in [2.05, 4.69) is 28.5 Å². The Morgan fingerprint density at radius 2 is 1.88 bits per heavy atom. The molecule has 2 aromatic carbocycles. The number of hydrogen-bond acceptors (Lipinski definition) is 2. The fourth-order valence-electron chi connectivity index (χ4n) is 2.83. The summed E-state index contributed by atoms with van der Waals surface area (Å²) in [6, 6.07) is 13.0. The lowest BCUT2D eigenvalue weighted by Crippen LogP contribution is -2.13. The van der Waals surface area contributed by atoms with Gasteiger partial charge in [-0.25, -0.2) is 0 Å². The van der Waals surface area contributed by atoms with Gasteiger partial charge >= 0.3 is 0 Å². The van der Waals surface area contributed by atoms with Gasteiger partial charge < -0.3 is 5.32 Å². The number of H-pyrrole nitrogens is 1. The third-order valence-corrected chi connectivity index (χ3v) is 4.43. The van der Waals surface area contributed by atoms with Crippen molar-refractivity contribution in [3.63, 3.8) is 0 Å². The molecule has 0 spiro atoms. The molecule has 0 aliphatic carbocycles. The first-order chi connectivity index (χ1) is 12.0. The number of aromatic nitrogens is 2. The zero-order chi connectivity index (χ0) is 18.0. The minimum absolute atomic E-state index is 0.182. The smallest absolute Gasteiger partial charge is 0.255 e. The molecule has 0 aliphatic heterocycles. The van der Waals surface area contributed by atoms with Crippen LogP contribution in [0.3, 0.4) is 0 Å². The highest BCUT2D eigenvalue weighted by Crippen LogP contribution is 2.32. The van der Waals surface area contributed by atoms with Crippen molar-refractivity contribution < 1.29 is 4.79 Å². The van der Waals surface area contributed by atoms with E-state index in [0.717, 1.165) is 34.6 Å². The van der Waals surface area contributed by atoms with Gasteiger partial charge in [0.2, 0.25) is 0 Å². The largest absolute Gasteiger partial charge is 0.319 e. The molecule has 4 nitrogen and oxygen atoms in total. The first kappa shape index (κ1) is 17.2. The van der Waals surface area contributed by atoms with E-state index in [1.807, 2.05) is 26.0 Å². The lowest BCUT2D eigenvalue weighted by Gasteiger charge is -2.10. The highest BCUT2D eigenvalue weighted by atomic mass is 35.5. The standard InChI is InChI=1S/C20H20ClN3O/c1-4-17-19(22-20(25)14-6-8-15(21)9-7-14)18(24-23-17)16-10-5-12(2)11-13(16)3/h5-11H,4H2,1-3H3,(H,22,25)(H,23,24). The molecule has 1 aromatic heterocycles. The van der Waals surface area contributed by atoms with Gasteiger partial charge in [0, 0.05) is 16.1 Å². The van der Waals surface area contributed by atoms with E-state index in [4.69, 9.17) is 11.6 Å². The van der Waals surface area contributed by atoms with E-state index in [1.54, 1.807) is 24.3 Å². The minimum Gasteiger partial charge on any atom is -0.319 e. The van der Waals surface area contributed by atoms with Crippen LogP contribution in [0, 0.1) is 13.8 Å². The molecule has 3 aromatic rings. The van der Waals surface area contributed by atoms with E-state index >= 15 is 0 Å². The zero-order valence-electron chi connectivity index (χ0n) is 14.5. The van der Waals surface area contributed by atoms with Crippen LogP contribution in [0.5, 0.6) is 0 Å². The first-order valence-electron chi connectivity index (χ1n) is 8.21. The van der Waals surface area contributed by atoms with Crippen molar-refractivity contribution in [2.24, 2.45) is 0 Å². The highest BCUT2D eigenvalue weighted by molar-refractivity contribution is 6.30. The van der Waals surface area contributed by atoms with Gasteiger partial charge in [-0.2, -0.15) is 5.10 Å². The second-order valence-electron chi connectivity index (χ2n) is 6.06. The topological polar surface area (TPSA) is 57.8 Å². The quantitative estimate of drug-likeness (QED) is 0.680. The summed E-state index contributed by atoms with van der Waals surface area (Å²) in [5.74, 6) is -0.182. The van der Waals surface area contributed by atoms with Gasteiger partial charge in [0.1, 0.15) is 5.69 Å². The van der Waals surface area contributed by atoms with Crippen LogP contribution in [0.4, 0.5) is 5.69 Å². The fourth-order valence-corrected chi connectivity index (χ4v) is 2.96. The molecule has 0 unspecified atom stereocenters. The van der Waals surface area contributed by atoms with Crippen LogP contribution in [-0.2, 0) is 6.42 Å². The van der Waals surface area contributed by atoms with Crippen molar-refractivity contribution in [1.29, 1.82) is 0 Å². The van der Waals surface area contributed by atoms with Gasteiger partial charge in [-0.3, -0.25) is 9.89 Å². The number of nitrogens with zero attached hydrogens (tertiary/aromatic N) is 1. The Balaban J connectivity index is 1.99. The first-order valence-corrected chi connectivity index (χ1v) is 8.59. The van der Waals surface area contributed by atoms with Crippen molar-refractivity contribution in [1.82, 2.24) is 10.2 Å². The third kappa shape index (κ3) is 3.59. The van der Waals surface area contributed by atoms with E-state index in [-0.39, 0.29) is 5.91 Å². The number of aryl methyl sites for hydroxylation is 3. The molecule has 0 bridgehead atoms. The van der Waals surface area contributed by atoms with Crippen LogP contribution >= 0.6 is 11.6 Å². The second kappa shape index (κ2) is 7.11. The van der Waals surface area contributed by atoms with Crippen molar-refractivity contribution in [2.75, 3.05) is 5.32 Å². The number of benzene rings is 2. The van der Waals surface area contributed by atoms with Crippen molar-refractivity contribution >= 4 is 23.2 Å². The average Bonchev–Trinajstić information content (AvgIpc) is 2.98. The number of amides is 1. The number of rotatable bonds is 4. The molecule has 2 N–H and O–H groups in total. The molecular formula is C20H20ClN3O. The fraction of sp³-hybridized carbons (Fsp3) is 0.200. The number of hydrogen-bond donors (Lipinski definition) is 2. The van der Waals surface area contributed by atoms with E-state index in [0.29, 0.717) is 10.6 Å². The van der Waals surface area contributed by atoms with Gasteiger partial charge in [0.15, 0.2) is 0 Å². The SMILES string of the molecule is CCc1[nH]nc(-c2ccc(C)cc2C)c1NC(=O)c1ccc(Cl)cc1. The average molecular weight is 354 g/mol. The summed E-state index contributed by atoms with van der Waals surface area (Å²) in [5, 5.41) is 11.1. The molecular weight excluding hydrogens is 334 g/mol. The van der Waals surface area contributed by atoms with Gasteiger partial charge in [0.05, 0.1) is 11.4 Å². The van der Waals surface area contributed by atoms with Crippen LogP contribution in [0.25, 0.3) is 11.3 Å². The van der Waals surface area contributed by atoms with Crippen LogP contribution in [0.15, 0.2) is 42.5 Å². The normalized spacial score (nSPS) is 10.7. The number of nitrogens with one attached hydrogen (secondary N) is 2. The third-order valence-electron chi connectivity index (χ3n) is 4.18. The predicted molar refractivity (Wildman–Crippen MR) is 102 cm³/mol. The molecule has 0 radical (unpaired) electrons. The molecule has 128 valence electrons. The van der Waals surface area contributed by atoms with E-state index in [9.17, 15) is 4.79 Å².